The smallest absolute Gasteiger partial charge is 0.251 e. The summed E-state index contributed by atoms with van der Waals surface area (Å²) in [5.41, 5.74) is 0.605. The monoisotopic (exact) mass is 276 g/mol. The second kappa shape index (κ2) is 5.90. The van der Waals surface area contributed by atoms with Gasteiger partial charge in [-0.1, -0.05) is 6.08 Å². The van der Waals surface area contributed by atoms with Crippen molar-refractivity contribution in [3.8, 4) is 0 Å². The number of nitrogens with one attached hydrogen (secondary N) is 2. The summed E-state index contributed by atoms with van der Waals surface area (Å²) >= 11 is 0. The summed E-state index contributed by atoms with van der Waals surface area (Å²) in [5, 5.41) is 5.99. The first-order valence-electron chi connectivity index (χ1n) is 6.72. The predicted molar refractivity (Wildman–Crippen MR) is 77.1 cm³/mol. The molecule has 0 spiro atoms. The van der Waals surface area contributed by atoms with Crippen molar-refractivity contribution in [1.29, 1.82) is 0 Å². The van der Waals surface area contributed by atoms with Crippen LogP contribution in [0, 0.1) is 0 Å². The molecule has 2 aliphatic heterocycles. The van der Waals surface area contributed by atoms with Crippen LogP contribution in [0.4, 0.5) is 0 Å². The summed E-state index contributed by atoms with van der Waals surface area (Å²) in [7, 11) is 1.68. The van der Waals surface area contributed by atoms with Gasteiger partial charge in [-0.05, 0) is 26.0 Å². The zero-order chi connectivity index (χ0) is 14.7. The van der Waals surface area contributed by atoms with E-state index in [1.807, 2.05) is 19.9 Å². The Balaban J connectivity index is 1.95. The van der Waals surface area contributed by atoms with Crippen molar-refractivity contribution in [3.63, 3.8) is 0 Å². The van der Waals surface area contributed by atoms with E-state index in [0.717, 1.165) is 5.84 Å². The minimum Gasteiger partial charge on any atom is -0.368 e. The molecule has 2 aliphatic rings. The number of likely N-dealkylation sites (N-methyl/N-ethyl adjacent to an activating group) is 1. The lowest BCUT2D eigenvalue weighted by molar-refractivity contribution is -0.132. The van der Waals surface area contributed by atoms with E-state index in [-0.39, 0.29) is 24.0 Å². The van der Waals surface area contributed by atoms with Crippen molar-refractivity contribution in [3.05, 3.63) is 23.8 Å². The standard InChI is InChI=1S/C14H20N4O2/c1-9(2)16-11-7-10(8-15-11)14(20)17-12-5-4-6-13(19)18(12)3/h4-5,7,9,12H,6,8H2,1-3H3,(H,15,16)(H,17,20). The normalized spacial score (nSPS) is 21.9. The van der Waals surface area contributed by atoms with Crippen LogP contribution in [0.15, 0.2) is 28.8 Å². The van der Waals surface area contributed by atoms with Gasteiger partial charge in [-0.15, -0.1) is 0 Å². The van der Waals surface area contributed by atoms with Crippen LogP contribution in [-0.4, -0.2) is 48.3 Å². The first-order valence-corrected chi connectivity index (χ1v) is 6.72. The second-order valence-electron chi connectivity index (χ2n) is 5.23. The fourth-order valence-corrected chi connectivity index (χ4v) is 2.05. The zero-order valence-electron chi connectivity index (χ0n) is 12.0. The number of nitrogens with zero attached hydrogens (tertiary/aromatic N) is 2. The Morgan fingerprint density at radius 1 is 1.50 bits per heavy atom. The Morgan fingerprint density at radius 2 is 2.25 bits per heavy atom. The van der Waals surface area contributed by atoms with Crippen LogP contribution in [0.2, 0.25) is 0 Å². The SMILES string of the molecule is CC(C)NC1=NCC(C(=O)NC2C=CCC(=O)N2C)=C1. The molecule has 2 heterocycles. The number of amidine groups is 1. The van der Waals surface area contributed by atoms with Crippen molar-refractivity contribution in [1.82, 2.24) is 15.5 Å². The molecule has 0 fully saturated rings. The van der Waals surface area contributed by atoms with Crippen LogP contribution in [0.1, 0.15) is 20.3 Å². The van der Waals surface area contributed by atoms with Crippen molar-refractivity contribution in [2.75, 3.05) is 13.6 Å². The van der Waals surface area contributed by atoms with E-state index >= 15 is 0 Å². The van der Waals surface area contributed by atoms with E-state index in [1.165, 1.54) is 4.90 Å². The molecule has 6 heteroatoms. The van der Waals surface area contributed by atoms with Crippen LogP contribution in [0.25, 0.3) is 0 Å². The molecule has 2 amide bonds. The predicted octanol–water partition coefficient (Wildman–Crippen LogP) is 0.184. The maximum Gasteiger partial charge on any atom is 0.251 e. The molecule has 2 N–H and O–H groups in total. The van der Waals surface area contributed by atoms with E-state index in [0.29, 0.717) is 18.5 Å². The number of amides is 2. The number of carbonyl (C=O) groups excluding carboxylic acids is 2. The van der Waals surface area contributed by atoms with Gasteiger partial charge < -0.3 is 15.5 Å². The van der Waals surface area contributed by atoms with E-state index < -0.39 is 0 Å². The third-order valence-corrected chi connectivity index (χ3v) is 3.16. The van der Waals surface area contributed by atoms with Crippen LogP contribution in [-0.2, 0) is 9.59 Å². The first-order chi connectivity index (χ1) is 9.47. The molecule has 6 nitrogen and oxygen atoms in total. The van der Waals surface area contributed by atoms with Crippen LogP contribution in [0.3, 0.4) is 0 Å². The molecule has 0 saturated carbocycles. The van der Waals surface area contributed by atoms with E-state index in [2.05, 4.69) is 15.6 Å². The van der Waals surface area contributed by atoms with Gasteiger partial charge in [-0.3, -0.25) is 14.6 Å². The van der Waals surface area contributed by atoms with Gasteiger partial charge in [0, 0.05) is 25.1 Å². The van der Waals surface area contributed by atoms with Gasteiger partial charge in [-0.25, -0.2) is 0 Å². The molecule has 0 aromatic heterocycles. The number of rotatable bonds is 3. The molecule has 0 radical (unpaired) electrons. The summed E-state index contributed by atoms with van der Waals surface area (Å²) in [5.74, 6) is 0.538. The highest BCUT2D eigenvalue weighted by atomic mass is 16.2. The van der Waals surface area contributed by atoms with Gasteiger partial charge in [0.1, 0.15) is 12.0 Å². The fraction of sp³-hybridized carbons (Fsp3) is 0.500. The summed E-state index contributed by atoms with van der Waals surface area (Å²) in [4.78, 5) is 29.5. The zero-order valence-corrected chi connectivity index (χ0v) is 12.0. The first kappa shape index (κ1) is 14.3. The van der Waals surface area contributed by atoms with Gasteiger partial charge in [-0.2, -0.15) is 0 Å². The van der Waals surface area contributed by atoms with E-state index in [4.69, 9.17) is 0 Å². The summed E-state index contributed by atoms with van der Waals surface area (Å²) in [6, 6.07) is 0.275. The number of hydrogen-bond acceptors (Lipinski definition) is 4. The molecular formula is C14H20N4O2. The van der Waals surface area contributed by atoms with Gasteiger partial charge in [0.05, 0.1) is 6.54 Å². The number of hydrogen-bond donors (Lipinski definition) is 2. The molecule has 20 heavy (non-hydrogen) atoms. The summed E-state index contributed by atoms with van der Waals surface area (Å²) in [6.07, 6.45) is 5.36. The lowest BCUT2D eigenvalue weighted by atomic mass is 10.2. The summed E-state index contributed by atoms with van der Waals surface area (Å²) < 4.78 is 0. The fourth-order valence-electron chi connectivity index (χ4n) is 2.05. The molecule has 1 unspecified atom stereocenters. The lowest BCUT2D eigenvalue weighted by Crippen LogP contribution is -2.49. The minimum atomic E-state index is -0.383. The Hall–Kier alpha value is -2.11. The van der Waals surface area contributed by atoms with Crippen LogP contribution < -0.4 is 10.6 Å². The highest BCUT2D eigenvalue weighted by Crippen LogP contribution is 2.10. The molecule has 1 atom stereocenters. The number of aliphatic imine (C=N–C) groups is 1. The minimum absolute atomic E-state index is 0.00313. The highest BCUT2D eigenvalue weighted by molar-refractivity contribution is 6.06. The Kier molecular flexibility index (Phi) is 4.22. The van der Waals surface area contributed by atoms with Crippen molar-refractivity contribution in [2.24, 2.45) is 4.99 Å². The van der Waals surface area contributed by atoms with Gasteiger partial charge >= 0.3 is 0 Å². The maximum atomic E-state index is 12.1. The van der Waals surface area contributed by atoms with Crippen molar-refractivity contribution < 1.29 is 9.59 Å². The Labute approximate surface area is 118 Å². The average molecular weight is 276 g/mol. The average Bonchev–Trinajstić information content (AvgIpc) is 2.82. The van der Waals surface area contributed by atoms with Gasteiger partial charge in [0.2, 0.25) is 5.91 Å². The van der Waals surface area contributed by atoms with E-state index in [9.17, 15) is 9.59 Å². The van der Waals surface area contributed by atoms with Gasteiger partial charge in [0.15, 0.2) is 0 Å². The van der Waals surface area contributed by atoms with Crippen LogP contribution in [0.5, 0.6) is 0 Å². The van der Waals surface area contributed by atoms with Crippen molar-refractivity contribution >= 4 is 17.6 Å². The molecular weight excluding hydrogens is 256 g/mol. The molecule has 0 aromatic rings. The maximum absolute atomic E-state index is 12.1. The topological polar surface area (TPSA) is 73.8 Å². The largest absolute Gasteiger partial charge is 0.368 e. The van der Waals surface area contributed by atoms with E-state index in [1.54, 1.807) is 19.2 Å². The molecule has 108 valence electrons. The van der Waals surface area contributed by atoms with Crippen LogP contribution >= 0.6 is 0 Å². The highest BCUT2D eigenvalue weighted by Gasteiger charge is 2.24. The lowest BCUT2D eigenvalue weighted by Gasteiger charge is -2.29. The molecule has 0 aromatic carbocycles. The molecule has 2 rings (SSSR count). The molecule has 0 bridgehead atoms. The second-order valence-corrected chi connectivity index (χ2v) is 5.23. The molecule has 0 saturated heterocycles. The summed E-state index contributed by atoms with van der Waals surface area (Å²) in [6.45, 7) is 4.40. The molecule has 0 aliphatic carbocycles. The quantitative estimate of drug-likeness (QED) is 0.722. The van der Waals surface area contributed by atoms with Crippen molar-refractivity contribution in [2.45, 2.75) is 32.5 Å². The third-order valence-electron chi connectivity index (χ3n) is 3.16. The Morgan fingerprint density at radius 3 is 2.95 bits per heavy atom. The van der Waals surface area contributed by atoms with Gasteiger partial charge in [0.25, 0.3) is 5.91 Å². The Bertz CT molecular complexity index is 505. The third kappa shape index (κ3) is 3.26. The number of carbonyl (C=O) groups is 2.